The van der Waals surface area contributed by atoms with Crippen molar-refractivity contribution in [2.45, 2.75) is 6.92 Å². The first-order chi connectivity index (χ1) is 6.18. The number of nitrogens with one attached hydrogen (secondary N) is 2. The first-order valence-corrected chi connectivity index (χ1v) is 4.10. The van der Waals surface area contributed by atoms with Gasteiger partial charge in [-0.25, -0.2) is 0 Å². The Hall–Kier alpha value is -1.28. The van der Waals surface area contributed by atoms with Gasteiger partial charge in [-0.3, -0.25) is 0 Å². The molecule has 1 aromatic rings. The van der Waals surface area contributed by atoms with Crippen molar-refractivity contribution in [3.8, 4) is 0 Å². The van der Waals surface area contributed by atoms with E-state index in [1.807, 2.05) is 31.2 Å². The van der Waals surface area contributed by atoms with Gasteiger partial charge in [-0.15, -0.1) is 0 Å². The monoisotopic (exact) mass is 196 g/mol. The Morgan fingerprint density at radius 3 is 2.54 bits per heavy atom. The van der Waals surface area contributed by atoms with Crippen LogP contribution in [0.4, 0.5) is 5.69 Å². The van der Waals surface area contributed by atoms with E-state index < -0.39 is 0 Å². The van der Waals surface area contributed by atoms with Crippen LogP contribution in [0.15, 0.2) is 36.5 Å². The van der Waals surface area contributed by atoms with E-state index in [9.17, 15) is 0 Å². The summed E-state index contributed by atoms with van der Waals surface area (Å²) in [6.45, 7) is 8.13. The Kier molecular flexibility index (Phi) is 5.64. The molecule has 0 aliphatic heterocycles. The summed E-state index contributed by atoms with van der Waals surface area (Å²) in [4.78, 5) is 0. The molecular formula is C10H13ClN2. The Morgan fingerprint density at radius 2 is 2.08 bits per heavy atom. The van der Waals surface area contributed by atoms with Crippen LogP contribution in [0.25, 0.3) is 0 Å². The standard InChI is InChI=1S/C9H10ClN.CH3N/c1-7(2)11-9-5-3-4-8(10)6-9;1-2/h3-6,11H,1H2,2H3;2H,1H2. The summed E-state index contributed by atoms with van der Waals surface area (Å²) in [5, 5.41) is 9.30. The number of rotatable bonds is 2. The van der Waals surface area contributed by atoms with Crippen molar-refractivity contribution >= 4 is 24.0 Å². The zero-order valence-electron chi connectivity index (χ0n) is 7.60. The number of anilines is 1. The highest BCUT2D eigenvalue weighted by atomic mass is 35.5. The van der Waals surface area contributed by atoms with Crippen LogP contribution in [-0.4, -0.2) is 6.72 Å². The molecule has 0 heterocycles. The van der Waals surface area contributed by atoms with E-state index in [-0.39, 0.29) is 0 Å². The Labute approximate surface area is 83.7 Å². The number of hydrogen-bond acceptors (Lipinski definition) is 2. The van der Waals surface area contributed by atoms with Gasteiger partial charge < -0.3 is 10.7 Å². The highest BCUT2D eigenvalue weighted by molar-refractivity contribution is 6.30. The molecule has 2 nitrogen and oxygen atoms in total. The van der Waals surface area contributed by atoms with E-state index >= 15 is 0 Å². The molecule has 2 N–H and O–H groups in total. The lowest BCUT2D eigenvalue weighted by Gasteiger charge is -2.03. The number of benzene rings is 1. The fraction of sp³-hybridized carbons (Fsp3) is 0.100. The second-order valence-corrected chi connectivity index (χ2v) is 2.85. The summed E-state index contributed by atoms with van der Waals surface area (Å²) in [5.41, 5.74) is 1.89. The van der Waals surface area contributed by atoms with Crippen LogP contribution in [-0.2, 0) is 0 Å². The molecule has 3 heteroatoms. The first-order valence-electron chi connectivity index (χ1n) is 3.72. The molecule has 0 aliphatic carbocycles. The van der Waals surface area contributed by atoms with E-state index in [2.05, 4.69) is 18.6 Å². The average Bonchev–Trinajstić information content (AvgIpc) is 2.06. The topological polar surface area (TPSA) is 35.9 Å². The van der Waals surface area contributed by atoms with Crippen molar-refractivity contribution in [2.24, 2.45) is 0 Å². The van der Waals surface area contributed by atoms with Gasteiger partial charge in [0, 0.05) is 16.4 Å². The van der Waals surface area contributed by atoms with E-state index in [4.69, 9.17) is 17.0 Å². The maximum absolute atomic E-state index is 5.76. The Balaban J connectivity index is 0.000000671. The van der Waals surface area contributed by atoms with Gasteiger partial charge in [-0.2, -0.15) is 0 Å². The number of halogens is 1. The van der Waals surface area contributed by atoms with Crippen LogP contribution in [0, 0.1) is 5.41 Å². The molecule has 0 atom stereocenters. The number of hydrogen-bond donors (Lipinski definition) is 2. The van der Waals surface area contributed by atoms with Gasteiger partial charge in [0.1, 0.15) is 0 Å². The van der Waals surface area contributed by atoms with Crippen molar-refractivity contribution in [3.05, 3.63) is 41.6 Å². The molecule has 0 aromatic heterocycles. The lowest BCUT2D eigenvalue weighted by Crippen LogP contribution is -1.92. The fourth-order valence-electron chi connectivity index (χ4n) is 0.813. The van der Waals surface area contributed by atoms with Crippen LogP contribution >= 0.6 is 11.6 Å². The quantitative estimate of drug-likeness (QED) is 0.698. The van der Waals surface area contributed by atoms with E-state index in [1.54, 1.807) is 0 Å². The Bertz CT molecular complexity index is 284. The summed E-state index contributed by atoms with van der Waals surface area (Å²) in [7, 11) is 0. The van der Waals surface area contributed by atoms with Gasteiger partial charge in [0.2, 0.25) is 0 Å². The van der Waals surface area contributed by atoms with Gasteiger partial charge >= 0.3 is 0 Å². The molecule has 0 fully saturated rings. The molecule has 13 heavy (non-hydrogen) atoms. The summed E-state index contributed by atoms with van der Waals surface area (Å²) in [6, 6.07) is 7.54. The minimum Gasteiger partial charge on any atom is -0.360 e. The normalized spacial score (nSPS) is 8.15. The number of allylic oxidation sites excluding steroid dienone is 1. The molecule has 1 rings (SSSR count). The maximum atomic E-state index is 5.76. The molecule has 0 spiro atoms. The minimum absolute atomic E-state index is 0.733. The summed E-state index contributed by atoms with van der Waals surface area (Å²) in [6.07, 6.45) is 0. The van der Waals surface area contributed by atoms with Crippen LogP contribution < -0.4 is 5.32 Å². The maximum Gasteiger partial charge on any atom is 0.0426 e. The lowest BCUT2D eigenvalue weighted by atomic mass is 10.3. The molecule has 1 aromatic carbocycles. The highest BCUT2D eigenvalue weighted by Crippen LogP contribution is 2.15. The summed E-state index contributed by atoms with van der Waals surface area (Å²) < 4.78 is 0. The smallest absolute Gasteiger partial charge is 0.0426 e. The SMILES string of the molecule is C=C(C)Nc1cccc(Cl)c1.C=N. The second-order valence-electron chi connectivity index (χ2n) is 2.42. The molecule has 0 radical (unpaired) electrons. The average molecular weight is 197 g/mol. The van der Waals surface area contributed by atoms with Crippen molar-refractivity contribution in [1.29, 1.82) is 5.41 Å². The molecule has 0 bridgehead atoms. The van der Waals surface area contributed by atoms with Crippen molar-refractivity contribution in [1.82, 2.24) is 0 Å². The predicted molar refractivity (Wildman–Crippen MR) is 59.7 cm³/mol. The van der Waals surface area contributed by atoms with Crippen molar-refractivity contribution in [2.75, 3.05) is 5.32 Å². The van der Waals surface area contributed by atoms with Gasteiger partial charge in [0.25, 0.3) is 0 Å². The molecular weight excluding hydrogens is 184 g/mol. The molecule has 0 aliphatic rings. The minimum atomic E-state index is 0.733. The second kappa shape index (κ2) is 6.26. The zero-order valence-corrected chi connectivity index (χ0v) is 8.36. The third kappa shape index (κ3) is 5.04. The molecule has 0 amide bonds. The van der Waals surface area contributed by atoms with E-state index in [0.717, 1.165) is 16.4 Å². The van der Waals surface area contributed by atoms with Gasteiger partial charge in [0.05, 0.1) is 0 Å². The first kappa shape index (κ1) is 11.7. The summed E-state index contributed by atoms with van der Waals surface area (Å²) >= 11 is 5.76. The van der Waals surface area contributed by atoms with Crippen LogP contribution in [0.3, 0.4) is 0 Å². The Morgan fingerprint density at radius 1 is 1.46 bits per heavy atom. The van der Waals surface area contributed by atoms with Gasteiger partial charge in [-0.05, 0) is 31.8 Å². The van der Waals surface area contributed by atoms with E-state index in [0.29, 0.717) is 0 Å². The van der Waals surface area contributed by atoms with Crippen molar-refractivity contribution < 1.29 is 0 Å². The summed E-state index contributed by atoms with van der Waals surface area (Å²) in [5.74, 6) is 0. The third-order valence-corrected chi connectivity index (χ3v) is 1.42. The fourth-order valence-corrected chi connectivity index (χ4v) is 1.00. The van der Waals surface area contributed by atoms with Crippen molar-refractivity contribution in [3.63, 3.8) is 0 Å². The molecule has 70 valence electrons. The largest absolute Gasteiger partial charge is 0.360 e. The molecule has 0 unspecified atom stereocenters. The van der Waals surface area contributed by atoms with Crippen LogP contribution in [0.2, 0.25) is 5.02 Å². The molecule has 0 saturated heterocycles. The molecule has 0 saturated carbocycles. The lowest BCUT2D eigenvalue weighted by molar-refractivity contribution is 1.40. The highest BCUT2D eigenvalue weighted by Gasteiger charge is 1.90. The van der Waals surface area contributed by atoms with Gasteiger partial charge in [-0.1, -0.05) is 24.2 Å². The van der Waals surface area contributed by atoms with Crippen LogP contribution in [0.1, 0.15) is 6.92 Å². The van der Waals surface area contributed by atoms with E-state index in [1.165, 1.54) is 0 Å². The van der Waals surface area contributed by atoms with Gasteiger partial charge in [0.15, 0.2) is 0 Å². The van der Waals surface area contributed by atoms with Crippen LogP contribution in [0.5, 0.6) is 0 Å². The third-order valence-electron chi connectivity index (χ3n) is 1.18. The zero-order chi connectivity index (χ0) is 10.3. The predicted octanol–water partition coefficient (Wildman–Crippen LogP) is 3.55.